The van der Waals surface area contributed by atoms with Gasteiger partial charge < -0.3 is 4.98 Å². The standard InChI is InChI=1S/C14H7N3O2/c18-7-15-12-6-5-10-9-3-1-2-4-11(9)17-13(10)14(12)16-8-19/h1-6,17H. The van der Waals surface area contributed by atoms with E-state index in [0.717, 1.165) is 16.3 Å². The minimum atomic E-state index is 0.289. The Morgan fingerprint density at radius 1 is 0.895 bits per heavy atom. The zero-order valence-electron chi connectivity index (χ0n) is 9.68. The van der Waals surface area contributed by atoms with Gasteiger partial charge in [0.1, 0.15) is 11.4 Å². The molecule has 0 atom stereocenters. The molecule has 0 radical (unpaired) electrons. The van der Waals surface area contributed by atoms with Gasteiger partial charge in [0.05, 0.1) is 5.52 Å². The molecular formula is C14H7N3O2. The molecule has 0 spiro atoms. The number of rotatable bonds is 2. The number of hydrogen-bond donors (Lipinski definition) is 1. The highest BCUT2D eigenvalue weighted by Crippen LogP contribution is 2.38. The lowest BCUT2D eigenvalue weighted by Crippen LogP contribution is -1.73. The molecule has 0 amide bonds. The van der Waals surface area contributed by atoms with Gasteiger partial charge in [-0.3, -0.25) is 0 Å². The third-order valence-electron chi connectivity index (χ3n) is 2.96. The first-order valence-electron chi connectivity index (χ1n) is 5.54. The lowest BCUT2D eigenvalue weighted by molar-refractivity contribution is 0.564. The molecule has 5 nitrogen and oxygen atoms in total. The number of carbonyl (C=O) groups excluding carboxylic acids is 2. The average Bonchev–Trinajstić information content (AvgIpc) is 2.81. The number of isocyanates is 2. The molecule has 0 fully saturated rings. The second-order valence-electron chi connectivity index (χ2n) is 3.93. The molecule has 3 aromatic rings. The summed E-state index contributed by atoms with van der Waals surface area (Å²) in [5.74, 6) is 0. The number of nitrogens with zero attached hydrogens (tertiary/aromatic N) is 2. The quantitative estimate of drug-likeness (QED) is 0.559. The van der Waals surface area contributed by atoms with E-state index in [1.807, 2.05) is 30.3 Å². The fourth-order valence-electron chi connectivity index (χ4n) is 2.19. The maximum Gasteiger partial charge on any atom is 0.240 e. The van der Waals surface area contributed by atoms with Gasteiger partial charge in [-0.1, -0.05) is 18.2 Å². The van der Waals surface area contributed by atoms with E-state index in [2.05, 4.69) is 15.0 Å². The summed E-state index contributed by atoms with van der Waals surface area (Å²) in [7, 11) is 0. The monoisotopic (exact) mass is 249 g/mol. The predicted molar refractivity (Wildman–Crippen MR) is 71.4 cm³/mol. The summed E-state index contributed by atoms with van der Waals surface area (Å²) in [6, 6.07) is 11.2. The molecule has 0 saturated carbocycles. The van der Waals surface area contributed by atoms with Crippen molar-refractivity contribution in [3.8, 4) is 0 Å². The number of hydrogen-bond acceptors (Lipinski definition) is 4. The van der Waals surface area contributed by atoms with Crippen molar-refractivity contribution < 1.29 is 9.59 Å². The molecule has 1 N–H and O–H groups in total. The van der Waals surface area contributed by atoms with Crippen LogP contribution in [0, 0.1) is 0 Å². The van der Waals surface area contributed by atoms with Gasteiger partial charge in [0, 0.05) is 16.3 Å². The first-order valence-corrected chi connectivity index (χ1v) is 5.54. The van der Waals surface area contributed by atoms with Crippen LogP contribution < -0.4 is 0 Å². The van der Waals surface area contributed by atoms with Gasteiger partial charge in [-0.05, 0) is 18.2 Å². The Hall–Kier alpha value is -3.00. The Morgan fingerprint density at radius 3 is 2.47 bits per heavy atom. The van der Waals surface area contributed by atoms with Crippen molar-refractivity contribution in [3.05, 3.63) is 36.4 Å². The molecule has 19 heavy (non-hydrogen) atoms. The van der Waals surface area contributed by atoms with E-state index in [-0.39, 0.29) is 5.69 Å². The number of nitrogens with one attached hydrogen (secondary N) is 1. The van der Waals surface area contributed by atoms with E-state index in [0.29, 0.717) is 11.2 Å². The zero-order chi connectivity index (χ0) is 13.2. The smallest absolute Gasteiger partial charge is 0.240 e. The van der Waals surface area contributed by atoms with Gasteiger partial charge in [0.25, 0.3) is 0 Å². The topological polar surface area (TPSA) is 74.7 Å². The van der Waals surface area contributed by atoms with Crippen molar-refractivity contribution in [1.29, 1.82) is 0 Å². The Kier molecular flexibility index (Phi) is 2.54. The fourth-order valence-corrected chi connectivity index (χ4v) is 2.19. The van der Waals surface area contributed by atoms with Crippen molar-refractivity contribution >= 4 is 45.3 Å². The molecule has 0 aliphatic rings. The number of para-hydroxylation sites is 1. The van der Waals surface area contributed by atoms with E-state index in [4.69, 9.17) is 0 Å². The second kappa shape index (κ2) is 4.35. The molecule has 0 aliphatic carbocycles. The molecule has 0 unspecified atom stereocenters. The Bertz CT molecular complexity index is 882. The Balaban J connectivity index is 2.52. The van der Waals surface area contributed by atoms with Crippen molar-refractivity contribution in [2.45, 2.75) is 0 Å². The van der Waals surface area contributed by atoms with Crippen LogP contribution in [0.2, 0.25) is 0 Å². The maximum absolute atomic E-state index is 10.5. The van der Waals surface area contributed by atoms with E-state index < -0.39 is 0 Å². The number of aromatic amines is 1. The van der Waals surface area contributed by atoms with Crippen LogP contribution in [-0.4, -0.2) is 17.1 Å². The predicted octanol–water partition coefficient (Wildman–Crippen LogP) is 3.26. The molecule has 1 heterocycles. The van der Waals surface area contributed by atoms with Gasteiger partial charge >= 0.3 is 0 Å². The SMILES string of the molecule is O=C=Nc1ccc2c([nH]c3ccccc32)c1N=C=O. The molecule has 1 aromatic heterocycles. The van der Waals surface area contributed by atoms with Gasteiger partial charge in [-0.15, -0.1) is 0 Å². The van der Waals surface area contributed by atoms with Gasteiger partial charge in [0.15, 0.2) is 0 Å². The number of aromatic nitrogens is 1. The summed E-state index contributed by atoms with van der Waals surface area (Å²) in [5.41, 5.74) is 2.16. The lowest BCUT2D eigenvalue weighted by Gasteiger charge is -1.98. The van der Waals surface area contributed by atoms with Crippen LogP contribution in [0.1, 0.15) is 0 Å². The van der Waals surface area contributed by atoms with E-state index in [1.165, 1.54) is 12.2 Å². The maximum atomic E-state index is 10.5. The fraction of sp³-hybridized carbons (Fsp3) is 0. The first-order chi connectivity index (χ1) is 9.35. The van der Waals surface area contributed by atoms with E-state index in [9.17, 15) is 9.59 Å². The van der Waals surface area contributed by atoms with Gasteiger partial charge in [-0.2, -0.15) is 9.98 Å². The zero-order valence-corrected chi connectivity index (χ0v) is 9.68. The summed E-state index contributed by atoms with van der Waals surface area (Å²) >= 11 is 0. The highest BCUT2D eigenvalue weighted by molar-refractivity contribution is 6.12. The lowest BCUT2D eigenvalue weighted by atomic mass is 10.1. The molecule has 0 saturated heterocycles. The van der Waals surface area contributed by atoms with Crippen LogP contribution in [-0.2, 0) is 9.59 Å². The van der Waals surface area contributed by atoms with Gasteiger partial charge in [-0.25, -0.2) is 9.59 Å². The number of H-pyrrole nitrogens is 1. The molecular weight excluding hydrogens is 242 g/mol. The summed E-state index contributed by atoms with van der Waals surface area (Å²) in [6.07, 6.45) is 2.94. The van der Waals surface area contributed by atoms with Crippen molar-refractivity contribution in [2.24, 2.45) is 9.98 Å². The third-order valence-corrected chi connectivity index (χ3v) is 2.96. The second-order valence-corrected chi connectivity index (χ2v) is 3.93. The molecule has 5 heteroatoms. The van der Waals surface area contributed by atoms with E-state index >= 15 is 0 Å². The number of aliphatic imine (C=N–C) groups is 2. The van der Waals surface area contributed by atoms with Crippen LogP contribution in [0.3, 0.4) is 0 Å². The van der Waals surface area contributed by atoms with Crippen LogP contribution >= 0.6 is 0 Å². The van der Waals surface area contributed by atoms with Crippen molar-refractivity contribution in [3.63, 3.8) is 0 Å². The summed E-state index contributed by atoms with van der Waals surface area (Å²) in [4.78, 5) is 31.3. The summed E-state index contributed by atoms with van der Waals surface area (Å²) in [6.45, 7) is 0. The minimum absolute atomic E-state index is 0.289. The van der Waals surface area contributed by atoms with Gasteiger partial charge in [0.2, 0.25) is 12.2 Å². The van der Waals surface area contributed by atoms with Crippen LogP contribution in [0.15, 0.2) is 46.4 Å². The molecule has 0 bridgehead atoms. The van der Waals surface area contributed by atoms with Crippen LogP contribution in [0.5, 0.6) is 0 Å². The highest BCUT2D eigenvalue weighted by Gasteiger charge is 2.11. The highest BCUT2D eigenvalue weighted by atomic mass is 16.1. The first kappa shape index (κ1) is 11.1. The minimum Gasteiger partial charge on any atom is -0.353 e. The van der Waals surface area contributed by atoms with Crippen LogP contribution in [0.25, 0.3) is 21.8 Å². The Labute approximate surface area is 107 Å². The average molecular weight is 249 g/mol. The van der Waals surface area contributed by atoms with Crippen molar-refractivity contribution in [2.75, 3.05) is 0 Å². The molecule has 90 valence electrons. The van der Waals surface area contributed by atoms with Crippen LogP contribution in [0.4, 0.5) is 11.4 Å². The number of benzene rings is 2. The summed E-state index contributed by atoms with van der Waals surface area (Å²) in [5, 5.41) is 1.93. The normalized spacial score (nSPS) is 10.1. The number of fused-ring (bicyclic) bond motifs is 3. The van der Waals surface area contributed by atoms with E-state index in [1.54, 1.807) is 6.07 Å². The molecule has 0 aliphatic heterocycles. The summed E-state index contributed by atoms with van der Waals surface area (Å²) < 4.78 is 0. The molecule has 3 rings (SSSR count). The van der Waals surface area contributed by atoms with Crippen molar-refractivity contribution in [1.82, 2.24) is 4.98 Å². The Morgan fingerprint density at radius 2 is 1.68 bits per heavy atom. The third kappa shape index (κ3) is 1.67. The molecule has 2 aromatic carbocycles. The largest absolute Gasteiger partial charge is 0.353 e.